The zero-order valence-electron chi connectivity index (χ0n) is 14.4. The number of amides is 1. The zero-order valence-corrected chi connectivity index (χ0v) is 16.0. The van der Waals surface area contributed by atoms with Crippen LogP contribution in [-0.2, 0) is 4.79 Å². The number of hydrogen-bond acceptors (Lipinski definition) is 2. The van der Waals surface area contributed by atoms with Crippen LogP contribution in [0.15, 0.2) is 28.7 Å². The molecule has 0 aliphatic heterocycles. The molecule has 0 heterocycles. The van der Waals surface area contributed by atoms with Crippen LogP contribution >= 0.6 is 15.9 Å². The van der Waals surface area contributed by atoms with E-state index >= 15 is 0 Å². The Kier molecular flexibility index (Phi) is 4.14. The molecule has 4 heteroatoms. The standard InChI is InChI=1S/C20H26BrNO2/c1-20(2,24-17-5-3-16(21)4-6-17)19(23)22-18-14-8-12-7-13(10-14)11-15(18)9-12/h3-6,12-15,18H,7-11H2,1-2H3,(H,22,23). The van der Waals surface area contributed by atoms with Gasteiger partial charge in [0.15, 0.2) is 5.60 Å². The highest BCUT2D eigenvalue weighted by atomic mass is 79.9. The van der Waals surface area contributed by atoms with Crippen LogP contribution in [-0.4, -0.2) is 17.6 Å². The van der Waals surface area contributed by atoms with Crippen molar-refractivity contribution < 1.29 is 9.53 Å². The van der Waals surface area contributed by atoms with Crippen molar-refractivity contribution in [1.29, 1.82) is 0 Å². The Morgan fingerprint density at radius 3 is 2.12 bits per heavy atom. The molecular weight excluding hydrogens is 366 g/mol. The van der Waals surface area contributed by atoms with E-state index in [0.717, 1.165) is 22.1 Å². The quantitative estimate of drug-likeness (QED) is 0.817. The van der Waals surface area contributed by atoms with Crippen molar-refractivity contribution in [3.05, 3.63) is 28.7 Å². The molecule has 4 aliphatic carbocycles. The molecule has 130 valence electrons. The third-order valence-electron chi connectivity index (χ3n) is 6.26. The fourth-order valence-electron chi connectivity index (χ4n) is 5.33. The van der Waals surface area contributed by atoms with Crippen LogP contribution in [0, 0.1) is 23.7 Å². The van der Waals surface area contributed by atoms with Gasteiger partial charge in [-0.3, -0.25) is 4.79 Å². The second-order valence-electron chi connectivity index (χ2n) is 8.50. The Morgan fingerprint density at radius 1 is 1.04 bits per heavy atom. The van der Waals surface area contributed by atoms with Crippen molar-refractivity contribution in [2.75, 3.05) is 0 Å². The first-order chi connectivity index (χ1) is 11.4. The summed E-state index contributed by atoms with van der Waals surface area (Å²) in [5, 5.41) is 3.36. The average molecular weight is 392 g/mol. The number of nitrogens with one attached hydrogen (secondary N) is 1. The SMILES string of the molecule is CC(C)(Oc1ccc(Br)cc1)C(=O)NC1C2CC3CC(C2)CC1C3. The van der Waals surface area contributed by atoms with Gasteiger partial charge in [0.2, 0.25) is 0 Å². The average Bonchev–Trinajstić information content (AvgIpc) is 2.52. The number of carbonyl (C=O) groups is 1. The molecule has 0 atom stereocenters. The summed E-state index contributed by atoms with van der Waals surface area (Å²) in [5.41, 5.74) is -0.859. The van der Waals surface area contributed by atoms with E-state index < -0.39 is 5.60 Å². The molecule has 4 aliphatic rings. The molecule has 3 nitrogen and oxygen atoms in total. The fraction of sp³-hybridized carbons (Fsp3) is 0.650. The van der Waals surface area contributed by atoms with E-state index in [4.69, 9.17) is 4.74 Å². The lowest BCUT2D eigenvalue weighted by Crippen LogP contribution is -2.59. The summed E-state index contributed by atoms with van der Waals surface area (Å²) in [7, 11) is 0. The Bertz CT molecular complexity index is 597. The van der Waals surface area contributed by atoms with E-state index in [1.54, 1.807) is 0 Å². The molecule has 0 aromatic heterocycles. The highest BCUT2D eigenvalue weighted by molar-refractivity contribution is 9.10. The van der Waals surface area contributed by atoms with E-state index in [1.165, 1.54) is 32.1 Å². The van der Waals surface area contributed by atoms with E-state index in [-0.39, 0.29) is 5.91 Å². The molecule has 24 heavy (non-hydrogen) atoms. The summed E-state index contributed by atoms with van der Waals surface area (Å²) in [5.74, 6) is 3.97. The molecule has 1 amide bonds. The molecule has 0 unspecified atom stereocenters. The monoisotopic (exact) mass is 391 g/mol. The molecule has 0 saturated heterocycles. The third kappa shape index (κ3) is 3.10. The summed E-state index contributed by atoms with van der Waals surface area (Å²) in [4.78, 5) is 12.9. The first-order valence-corrected chi connectivity index (χ1v) is 9.95. The van der Waals surface area contributed by atoms with Crippen molar-refractivity contribution in [1.82, 2.24) is 5.32 Å². The molecule has 0 spiro atoms. The molecular formula is C20H26BrNO2. The highest BCUT2D eigenvalue weighted by Crippen LogP contribution is 2.53. The first-order valence-electron chi connectivity index (χ1n) is 9.16. The van der Waals surface area contributed by atoms with Crippen LogP contribution in [0.4, 0.5) is 0 Å². The van der Waals surface area contributed by atoms with Gasteiger partial charge in [0.05, 0.1) is 0 Å². The summed E-state index contributed by atoms with van der Waals surface area (Å²) < 4.78 is 6.98. The van der Waals surface area contributed by atoms with Gasteiger partial charge in [-0.05, 0) is 93.9 Å². The molecule has 1 N–H and O–H groups in total. The molecule has 4 saturated carbocycles. The van der Waals surface area contributed by atoms with Crippen LogP contribution in [0.2, 0.25) is 0 Å². The minimum absolute atomic E-state index is 0.0166. The zero-order chi connectivity index (χ0) is 16.9. The maximum Gasteiger partial charge on any atom is 0.263 e. The van der Waals surface area contributed by atoms with Gasteiger partial charge in [0, 0.05) is 10.5 Å². The highest BCUT2D eigenvalue weighted by Gasteiger charge is 2.49. The van der Waals surface area contributed by atoms with Gasteiger partial charge in [-0.2, -0.15) is 0 Å². The molecule has 4 bridgehead atoms. The van der Waals surface area contributed by atoms with E-state index in [2.05, 4.69) is 21.2 Å². The predicted octanol–water partition coefficient (Wildman–Crippen LogP) is 4.55. The largest absolute Gasteiger partial charge is 0.478 e. The number of halogens is 1. The lowest BCUT2D eigenvalue weighted by Gasteiger charge is -2.54. The topological polar surface area (TPSA) is 38.3 Å². The van der Waals surface area contributed by atoms with E-state index in [1.807, 2.05) is 38.1 Å². The van der Waals surface area contributed by atoms with E-state index in [0.29, 0.717) is 17.9 Å². The second-order valence-corrected chi connectivity index (χ2v) is 9.41. The maximum atomic E-state index is 12.9. The van der Waals surface area contributed by atoms with Gasteiger partial charge in [-0.15, -0.1) is 0 Å². The lowest BCUT2D eigenvalue weighted by atomic mass is 9.54. The van der Waals surface area contributed by atoms with Crippen molar-refractivity contribution in [3.8, 4) is 5.75 Å². The Balaban J connectivity index is 1.42. The smallest absolute Gasteiger partial charge is 0.263 e. The Hall–Kier alpha value is -1.03. The van der Waals surface area contributed by atoms with Crippen molar-refractivity contribution in [3.63, 3.8) is 0 Å². The van der Waals surface area contributed by atoms with Crippen LogP contribution in [0.25, 0.3) is 0 Å². The fourth-order valence-corrected chi connectivity index (χ4v) is 5.59. The van der Waals surface area contributed by atoms with Gasteiger partial charge in [-0.1, -0.05) is 15.9 Å². The van der Waals surface area contributed by atoms with Gasteiger partial charge >= 0.3 is 0 Å². The molecule has 1 aromatic rings. The summed E-state index contributed by atoms with van der Waals surface area (Å²) in [6, 6.07) is 8.00. The molecule has 5 rings (SSSR count). The maximum absolute atomic E-state index is 12.9. The van der Waals surface area contributed by atoms with E-state index in [9.17, 15) is 4.79 Å². The number of ether oxygens (including phenoxy) is 1. The van der Waals surface area contributed by atoms with Crippen molar-refractivity contribution in [2.45, 2.75) is 57.6 Å². The van der Waals surface area contributed by atoms with Gasteiger partial charge in [0.1, 0.15) is 5.75 Å². The van der Waals surface area contributed by atoms with Gasteiger partial charge < -0.3 is 10.1 Å². The molecule has 4 fully saturated rings. The second kappa shape index (κ2) is 6.05. The molecule has 0 radical (unpaired) electrons. The third-order valence-corrected chi connectivity index (χ3v) is 6.79. The number of benzene rings is 1. The van der Waals surface area contributed by atoms with Crippen LogP contribution in [0.5, 0.6) is 5.75 Å². The predicted molar refractivity (Wildman–Crippen MR) is 97.8 cm³/mol. The number of carbonyl (C=O) groups excluding carboxylic acids is 1. The van der Waals surface area contributed by atoms with Crippen LogP contribution < -0.4 is 10.1 Å². The summed E-state index contributed by atoms with van der Waals surface area (Å²) >= 11 is 3.42. The summed E-state index contributed by atoms with van der Waals surface area (Å²) in [6.45, 7) is 3.72. The summed E-state index contributed by atoms with van der Waals surface area (Å²) in [6.07, 6.45) is 6.68. The number of rotatable bonds is 4. The number of hydrogen-bond donors (Lipinski definition) is 1. The van der Waals surface area contributed by atoms with Gasteiger partial charge in [-0.25, -0.2) is 0 Å². The minimum atomic E-state index is -0.859. The normalized spacial score (nSPS) is 34.2. The van der Waals surface area contributed by atoms with Crippen LogP contribution in [0.3, 0.4) is 0 Å². The lowest BCUT2D eigenvalue weighted by molar-refractivity contribution is -0.138. The molecule has 1 aromatic carbocycles. The van der Waals surface area contributed by atoms with Crippen molar-refractivity contribution in [2.24, 2.45) is 23.7 Å². The Morgan fingerprint density at radius 2 is 1.58 bits per heavy atom. The van der Waals surface area contributed by atoms with Crippen molar-refractivity contribution >= 4 is 21.8 Å². The minimum Gasteiger partial charge on any atom is -0.478 e. The Labute approximate surface area is 152 Å². The van der Waals surface area contributed by atoms with Gasteiger partial charge in [0.25, 0.3) is 5.91 Å². The van der Waals surface area contributed by atoms with Crippen LogP contribution in [0.1, 0.15) is 46.0 Å². The first kappa shape index (κ1) is 16.4.